The Kier molecular flexibility index (Phi) is 5.44. The van der Waals surface area contributed by atoms with Gasteiger partial charge in [0.05, 0.1) is 18.8 Å². The monoisotopic (exact) mass is 376 g/mol. The molecule has 2 aromatic carbocycles. The quantitative estimate of drug-likeness (QED) is 0.736. The molecule has 0 saturated carbocycles. The third-order valence-corrected chi connectivity index (χ3v) is 4.29. The van der Waals surface area contributed by atoms with Crippen molar-refractivity contribution in [3.8, 4) is 11.5 Å². The lowest BCUT2D eigenvalue weighted by Gasteiger charge is -2.26. The molecule has 1 N–H and O–H groups in total. The molecule has 142 valence electrons. The maximum absolute atomic E-state index is 12.4. The minimum atomic E-state index is -0.259. The summed E-state index contributed by atoms with van der Waals surface area (Å²) in [6, 6.07) is 16.7. The van der Waals surface area contributed by atoms with Gasteiger partial charge < -0.3 is 19.7 Å². The van der Waals surface area contributed by atoms with Gasteiger partial charge >= 0.3 is 0 Å². The van der Waals surface area contributed by atoms with Crippen LogP contribution in [0.25, 0.3) is 0 Å². The zero-order valence-electron chi connectivity index (χ0n) is 15.2. The molecule has 0 spiro atoms. The molecular weight excluding hydrogens is 356 g/mol. The van der Waals surface area contributed by atoms with Gasteiger partial charge in [0.2, 0.25) is 5.95 Å². The van der Waals surface area contributed by atoms with Gasteiger partial charge in [0, 0.05) is 31.2 Å². The molecule has 0 unspecified atom stereocenters. The number of ether oxygens (including phenoxy) is 2. The van der Waals surface area contributed by atoms with Crippen molar-refractivity contribution in [2.24, 2.45) is 0 Å². The van der Waals surface area contributed by atoms with E-state index >= 15 is 0 Å². The summed E-state index contributed by atoms with van der Waals surface area (Å²) in [7, 11) is 0. The summed E-state index contributed by atoms with van der Waals surface area (Å²) in [6.07, 6.45) is 3.08. The maximum atomic E-state index is 12.4. The van der Waals surface area contributed by atoms with Crippen LogP contribution in [-0.4, -0.2) is 42.2 Å². The lowest BCUT2D eigenvalue weighted by Crippen LogP contribution is -2.37. The van der Waals surface area contributed by atoms with Crippen molar-refractivity contribution in [1.82, 2.24) is 9.97 Å². The predicted molar refractivity (Wildman–Crippen MR) is 106 cm³/mol. The van der Waals surface area contributed by atoms with Crippen LogP contribution in [0.5, 0.6) is 11.5 Å². The Hall–Kier alpha value is -3.45. The van der Waals surface area contributed by atoms with E-state index in [-0.39, 0.29) is 5.91 Å². The molecule has 4 rings (SSSR count). The first-order valence-electron chi connectivity index (χ1n) is 9.07. The Morgan fingerprint density at radius 2 is 1.57 bits per heavy atom. The molecule has 0 bridgehead atoms. The van der Waals surface area contributed by atoms with Gasteiger partial charge in [0.25, 0.3) is 5.91 Å². The Bertz CT molecular complexity index is 909. The highest BCUT2D eigenvalue weighted by molar-refractivity contribution is 6.03. The van der Waals surface area contributed by atoms with E-state index in [2.05, 4.69) is 15.3 Å². The van der Waals surface area contributed by atoms with E-state index in [1.807, 2.05) is 35.2 Å². The van der Waals surface area contributed by atoms with Crippen molar-refractivity contribution < 1.29 is 14.3 Å². The average Bonchev–Trinajstić information content (AvgIpc) is 2.76. The fourth-order valence-corrected chi connectivity index (χ4v) is 2.80. The summed E-state index contributed by atoms with van der Waals surface area (Å²) in [5, 5.41) is 2.84. The molecular formula is C21H20N4O3. The van der Waals surface area contributed by atoms with Crippen LogP contribution in [0.1, 0.15) is 10.4 Å². The Morgan fingerprint density at radius 3 is 2.25 bits per heavy atom. The standard InChI is InChI=1S/C21H20N4O3/c26-20(16-14-22-21(23-15-16)25-10-12-27-13-11-25)24-17-6-8-19(9-7-17)28-18-4-2-1-3-5-18/h1-9,14-15H,10-13H2,(H,24,26). The smallest absolute Gasteiger partial charge is 0.258 e. The van der Waals surface area contributed by atoms with Crippen molar-refractivity contribution in [2.45, 2.75) is 0 Å². The number of carbonyl (C=O) groups excluding carboxylic acids is 1. The minimum absolute atomic E-state index is 0.259. The second-order valence-electron chi connectivity index (χ2n) is 6.26. The molecule has 1 amide bonds. The number of aromatic nitrogens is 2. The highest BCUT2D eigenvalue weighted by atomic mass is 16.5. The lowest BCUT2D eigenvalue weighted by molar-refractivity contribution is 0.102. The number of nitrogens with zero attached hydrogens (tertiary/aromatic N) is 3. The van der Waals surface area contributed by atoms with Gasteiger partial charge in [-0.25, -0.2) is 9.97 Å². The maximum Gasteiger partial charge on any atom is 0.258 e. The van der Waals surface area contributed by atoms with Gasteiger partial charge in [-0.15, -0.1) is 0 Å². The first-order valence-corrected chi connectivity index (χ1v) is 9.07. The first-order chi connectivity index (χ1) is 13.8. The number of morpholine rings is 1. The number of para-hydroxylation sites is 1. The van der Waals surface area contributed by atoms with Crippen LogP contribution < -0.4 is 15.0 Å². The molecule has 1 aliphatic rings. The average molecular weight is 376 g/mol. The van der Waals surface area contributed by atoms with Crippen LogP contribution in [-0.2, 0) is 4.74 Å². The number of hydrogen-bond donors (Lipinski definition) is 1. The number of nitrogens with one attached hydrogen (secondary N) is 1. The first kappa shape index (κ1) is 17.9. The molecule has 0 atom stereocenters. The van der Waals surface area contributed by atoms with E-state index in [1.165, 1.54) is 0 Å². The molecule has 7 heteroatoms. The SMILES string of the molecule is O=C(Nc1ccc(Oc2ccccc2)cc1)c1cnc(N2CCOCC2)nc1. The third-order valence-electron chi connectivity index (χ3n) is 4.29. The van der Waals surface area contributed by atoms with Crippen molar-refractivity contribution in [2.75, 3.05) is 36.5 Å². The molecule has 0 radical (unpaired) electrons. The Morgan fingerprint density at radius 1 is 0.929 bits per heavy atom. The predicted octanol–water partition coefficient (Wildman–Crippen LogP) is 3.36. The van der Waals surface area contributed by atoms with Crippen molar-refractivity contribution in [3.63, 3.8) is 0 Å². The molecule has 1 fully saturated rings. The van der Waals surface area contributed by atoms with E-state index in [4.69, 9.17) is 9.47 Å². The van der Waals surface area contributed by atoms with Crippen LogP contribution in [0.2, 0.25) is 0 Å². The summed E-state index contributed by atoms with van der Waals surface area (Å²) in [5.41, 5.74) is 1.07. The molecule has 0 aliphatic carbocycles. The van der Waals surface area contributed by atoms with Gasteiger partial charge in [0.1, 0.15) is 11.5 Å². The second-order valence-corrected chi connectivity index (χ2v) is 6.26. The fourth-order valence-electron chi connectivity index (χ4n) is 2.80. The van der Waals surface area contributed by atoms with Crippen LogP contribution in [0.15, 0.2) is 67.0 Å². The minimum Gasteiger partial charge on any atom is -0.457 e. The lowest BCUT2D eigenvalue weighted by atomic mass is 10.2. The number of rotatable bonds is 5. The number of benzene rings is 2. The zero-order chi connectivity index (χ0) is 19.2. The van der Waals surface area contributed by atoms with Crippen LogP contribution in [0.3, 0.4) is 0 Å². The van der Waals surface area contributed by atoms with Gasteiger partial charge in [0.15, 0.2) is 0 Å². The number of hydrogen-bond acceptors (Lipinski definition) is 6. The van der Waals surface area contributed by atoms with Crippen molar-refractivity contribution in [3.05, 3.63) is 72.6 Å². The highest BCUT2D eigenvalue weighted by Crippen LogP contribution is 2.23. The molecule has 7 nitrogen and oxygen atoms in total. The van der Waals surface area contributed by atoms with E-state index < -0.39 is 0 Å². The molecule has 1 saturated heterocycles. The largest absolute Gasteiger partial charge is 0.457 e. The zero-order valence-corrected chi connectivity index (χ0v) is 15.2. The van der Waals surface area contributed by atoms with Gasteiger partial charge in [-0.2, -0.15) is 0 Å². The van der Waals surface area contributed by atoms with Crippen LogP contribution >= 0.6 is 0 Å². The number of amides is 1. The van der Waals surface area contributed by atoms with E-state index in [9.17, 15) is 4.79 Å². The molecule has 28 heavy (non-hydrogen) atoms. The normalized spacial score (nSPS) is 13.8. The summed E-state index contributed by atoms with van der Waals surface area (Å²) in [6.45, 7) is 2.83. The van der Waals surface area contributed by atoms with Crippen molar-refractivity contribution >= 4 is 17.5 Å². The van der Waals surface area contributed by atoms with Crippen molar-refractivity contribution in [1.29, 1.82) is 0 Å². The van der Waals surface area contributed by atoms with E-state index in [0.717, 1.165) is 18.8 Å². The molecule has 1 aromatic heterocycles. The topological polar surface area (TPSA) is 76.6 Å². The van der Waals surface area contributed by atoms with Gasteiger partial charge in [-0.1, -0.05) is 18.2 Å². The van der Waals surface area contributed by atoms with Gasteiger partial charge in [-0.05, 0) is 36.4 Å². The number of anilines is 2. The van der Waals surface area contributed by atoms with Crippen LogP contribution in [0.4, 0.5) is 11.6 Å². The molecule has 2 heterocycles. The highest BCUT2D eigenvalue weighted by Gasteiger charge is 2.15. The summed E-state index contributed by atoms with van der Waals surface area (Å²) in [4.78, 5) is 23.1. The van der Waals surface area contributed by atoms with E-state index in [1.54, 1.807) is 36.7 Å². The summed E-state index contributed by atoms with van der Waals surface area (Å²) < 4.78 is 11.1. The Labute approximate surface area is 163 Å². The van der Waals surface area contributed by atoms with Gasteiger partial charge in [-0.3, -0.25) is 4.79 Å². The fraction of sp³-hybridized carbons (Fsp3) is 0.190. The summed E-state index contributed by atoms with van der Waals surface area (Å²) >= 11 is 0. The second kappa shape index (κ2) is 8.49. The third kappa shape index (κ3) is 4.44. The van der Waals surface area contributed by atoms with Crippen LogP contribution in [0, 0.1) is 0 Å². The Balaban J connectivity index is 1.36. The molecule has 3 aromatic rings. The number of carbonyl (C=O) groups is 1. The van der Waals surface area contributed by atoms with E-state index in [0.29, 0.717) is 36.2 Å². The molecule has 1 aliphatic heterocycles. The summed E-state index contributed by atoms with van der Waals surface area (Å²) in [5.74, 6) is 1.81.